The summed E-state index contributed by atoms with van der Waals surface area (Å²) in [6.07, 6.45) is 1.19. The van der Waals surface area contributed by atoms with Gasteiger partial charge in [-0.05, 0) is 42.0 Å². The predicted molar refractivity (Wildman–Crippen MR) is 73.0 cm³/mol. The number of hydrogen-bond donors (Lipinski definition) is 1. The Morgan fingerprint density at radius 3 is 3.06 bits per heavy atom. The first-order valence-corrected chi connectivity index (χ1v) is 7.40. The maximum Gasteiger partial charge on any atom is 0.120 e. The standard InChI is InChI=1S/C13H17ClO2S/c14-12-2-1-3-13(6-12)16-8-11(7-15)10-4-5-17-9-10/h1-3,6,10-11,15H,4-5,7-9H2. The molecule has 4 heteroatoms. The van der Waals surface area contributed by atoms with Crippen molar-refractivity contribution in [2.75, 3.05) is 24.7 Å². The fraction of sp³-hybridized carbons (Fsp3) is 0.538. The zero-order valence-corrected chi connectivity index (χ0v) is 11.2. The van der Waals surface area contributed by atoms with Crippen LogP contribution in [0.3, 0.4) is 0 Å². The summed E-state index contributed by atoms with van der Waals surface area (Å²) in [6.45, 7) is 0.772. The van der Waals surface area contributed by atoms with Gasteiger partial charge in [-0.2, -0.15) is 11.8 Å². The van der Waals surface area contributed by atoms with Crippen LogP contribution in [-0.4, -0.2) is 29.8 Å². The Bertz CT molecular complexity index is 353. The molecule has 2 unspecified atom stereocenters. The van der Waals surface area contributed by atoms with E-state index in [9.17, 15) is 5.11 Å². The Morgan fingerprint density at radius 2 is 2.41 bits per heavy atom. The monoisotopic (exact) mass is 272 g/mol. The molecule has 0 bridgehead atoms. The van der Waals surface area contributed by atoms with Crippen molar-refractivity contribution >= 4 is 23.4 Å². The van der Waals surface area contributed by atoms with Gasteiger partial charge < -0.3 is 9.84 Å². The molecule has 1 fully saturated rings. The molecule has 1 heterocycles. The number of aliphatic hydroxyl groups is 1. The van der Waals surface area contributed by atoms with Gasteiger partial charge in [0.05, 0.1) is 6.61 Å². The van der Waals surface area contributed by atoms with Gasteiger partial charge in [-0.25, -0.2) is 0 Å². The van der Waals surface area contributed by atoms with Gasteiger partial charge in [-0.3, -0.25) is 0 Å². The molecule has 94 valence electrons. The summed E-state index contributed by atoms with van der Waals surface area (Å²) >= 11 is 7.85. The van der Waals surface area contributed by atoms with Gasteiger partial charge in [0.25, 0.3) is 0 Å². The second kappa shape index (κ2) is 6.53. The normalized spacial score (nSPS) is 21.4. The van der Waals surface area contributed by atoms with Gasteiger partial charge >= 0.3 is 0 Å². The lowest BCUT2D eigenvalue weighted by molar-refractivity contribution is 0.126. The first-order chi connectivity index (χ1) is 8.29. The second-order valence-electron chi connectivity index (χ2n) is 4.33. The molecule has 1 saturated heterocycles. The van der Waals surface area contributed by atoms with E-state index in [4.69, 9.17) is 16.3 Å². The Kier molecular flexibility index (Phi) is 5.01. The number of halogens is 1. The molecule has 2 atom stereocenters. The Labute approximate surface area is 111 Å². The molecule has 1 N–H and O–H groups in total. The molecule has 1 aromatic carbocycles. The molecule has 0 amide bonds. The minimum atomic E-state index is 0.200. The highest BCUT2D eigenvalue weighted by Crippen LogP contribution is 2.30. The molecular formula is C13H17ClO2S. The average Bonchev–Trinajstić information content (AvgIpc) is 2.84. The van der Waals surface area contributed by atoms with E-state index >= 15 is 0 Å². The zero-order valence-electron chi connectivity index (χ0n) is 9.64. The van der Waals surface area contributed by atoms with E-state index in [0.29, 0.717) is 17.5 Å². The molecule has 1 aliphatic heterocycles. The summed E-state index contributed by atoms with van der Waals surface area (Å²) in [4.78, 5) is 0. The van der Waals surface area contributed by atoms with Gasteiger partial charge in [0, 0.05) is 17.5 Å². The summed E-state index contributed by atoms with van der Waals surface area (Å²) in [5.74, 6) is 3.96. The minimum absolute atomic E-state index is 0.200. The highest BCUT2D eigenvalue weighted by atomic mass is 35.5. The van der Waals surface area contributed by atoms with E-state index in [0.717, 1.165) is 11.5 Å². The van der Waals surface area contributed by atoms with Crippen LogP contribution in [0.15, 0.2) is 24.3 Å². The molecule has 1 aliphatic rings. The Morgan fingerprint density at radius 1 is 1.53 bits per heavy atom. The van der Waals surface area contributed by atoms with Gasteiger partial charge in [0.15, 0.2) is 0 Å². The van der Waals surface area contributed by atoms with Crippen LogP contribution in [0.5, 0.6) is 5.75 Å². The number of ether oxygens (including phenoxy) is 1. The van der Waals surface area contributed by atoms with Gasteiger partial charge in [0.1, 0.15) is 5.75 Å². The van der Waals surface area contributed by atoms with E-state index in [1.54, 1.807) is 6.07 Å². The fourth-order valence-electron chi connectivity index (χ4n) is 2.02. The van der Waals surface area contributed by atoms with Crippen molar-refractivity contribution in [1.29, 1.82) is 0 Å². The molecule has 17 heavy (non-hydrogen) atoms. The van der Waals surface area contributed by atoms with Crippen LogP contribution in [0.4, 0.5) is 0 Å². The van der Waals surface area contributed by atoms with E-state index < -0.39 is 0 Å². The van der Waals surface area contributed by atoms with Crippen LogP contribution in [0.1, 0.15) is 6.42 Å². The van der Waals surface area contributed by atoms with Crippen LogP contribution in [0.25, 0.3) is 0 Å². The maximum absolute atomic E-state index is 9.40. The number of aliphatic hydroxyl groups excluding tert-OH is 1. The second-order valence-corrected chi connectivity index (χ2v) is 5.92. The van der Waals surface area contributed by atoms with Crippen LogP contribution in [0, 0.1) is 11.8 Å². The third-order valence-electron chi connectivity index (χ3n) is 3.13. The lowest BCUT2D eigenvalue weighted by Gasteiger charge is -2.20. The minimum Gasteiger partial charge on any atom is -0.493 e. The molecule has 0 radical (unpaired) electrons. The van der Waals surface area contributed by atoms with Crippen LogP contribution >= 0.6 is 23.4 Å². The highest BCUT2D eigenvalue weighted by Gasteiger charge is 2.25. The molecular weight excluding hydrogens is 256 g/mol. The molecule has 0 aliphatic carbocycles. The SMILES string of the molecule is OCC(COc1cccc(Cl)c1)C1CCSC1. The van der Waals surface area contributed by atoms with Crippen molar-refractivity contribution in [2.45, 2.75) is 6.42 Å². The third kappa shape index (κ3) is 3.80. The van der Waals surface area contributed by atoms with Gasteiger partial charge in [0.2, 0.25) is 0 Å². The molecule has 2 nitrogen and oxygen atoms in total. The highest BCUT2D eigenvalue weighted by molar-refractivity contribution is 7.99. The molecule has 0 spiro atoms. The topological polar surface area (TPSA) is 29.5 Å². The van der Waals surface area contributed by atoms with Crippen molar-refractivity contribution in [3.05, 3.63) is 29.3 Å². The molecule has 0 aromatic heterocycles. The zero-order chi connectivity index (χ0) is 12.1. The quantitative estimate of drug-likeness (QED) is 0.893. The molecule has 1 aromatic rings. The van der Waals surface area contributed by atoms with E-state index in [1.807, 2.05) is 30.0 Å². The third-order valence-corrected chi connectivity index (χ3v) is 4.55. The summed E-state index contributed by atoms with van der Waals surface area (Å²) < 4.78 is 5.70. The van der Waals surface area contributed by atoms with E-state index in [-0.39, 0.29) is 12.5 Å². The molecule has 2 rings (SSSR count). The number of rotatable bonds is 5. The van der Waals surface area contributed by atoms with Gasteiger partial charge in [-0.15, -0.1) is 0 Å². The molecule has 0 saturated carbocycles. The summed E-state index contributed by atoms with van der Waals surface area (Å²) in [5, 5.41) is 10.1. The van der Waals surface area contributed by atoms with Crippen molar-refractivity contribution in [3.8, 4) is 5.75 Å². The number of benzene rings is 1. The van der Waals surface area contributed by atoms with E-state index in [2.05, 4.69) is 0 Å². The lowest BCUT2D eigenvalue weighted by Crippen LogP contribution is -2.25. The van der Waals surface area contributed by atoms with Crippen molar-refractivity contribution in [1.82, 2.24) is 0 Å². The van der Waals surface area contributed by atoms with Crippen LogP contribution < -0.4 is 4.74 Å². The maximum atomic E-state index is 9.40. The van der Waals surface area contributed by atoms with Crippen LogP contribution in [0.2, 0.25) is 5.02 Å². The predicted octanol–water partition coefficient (Wildman–Crippen LogP) is 3.08. The van der Waals surface area contributed by atoms with Crippen molar-refractivity contribution < 1.29 is 9.84 Å². The van der Waals surface area contributed by atoms with Crippen molar-refractivity contribution in [3.63, 3.8) is 0 Å². The first-order valence-electron chi connectivity index (χ1n) is 5.86. The first kappa shape index (κ1) is 13.1. The average molecular weight is 273 g/mol. The van der Waals surface area contributed by atoms with E-state index in [1.165, 1.54) is 12.2 Å². The largest absolute Gasteiger partial charge is 0.493 e. The Balaban J connectivity index is 1.87. The smallest absolute Gasteiger partial charge is 0.120 e. The lowest BCUT2D eigenvalue weighted by atomic mass is 9.93. The van der Waals surface area contributed by atoms with Crippen molar-refractivity contribution in [2.24, 2.45) is 11.8 Å². The summed E-state index contributed by atoms with van der Waals surface area (Å²) in [5.41, 5.74) is 0. The number of hydrogen-bond acceptors (Lipinski definition) is 3. The van der Waals surface area contributed by atoms with Gasteiger partial charge in [-0.1, -0.05) is 17.7 Å². The van der Waals surface area contributed by atoms with Crippen LogP contribution in [-0.2, 0) is 0 Å². The Hall–Kier alpha value is -0.380. The summed E-state index contributed by atoms with van der Waals surface area (Å²) in [6, 6.07) is 7.39. The fourth-order valence-corrected chi connectivity index (χ4v) is 3.58. The number of thioether (sulfide) groups is 1. The summed E-state index contributed by atoms with van der Waals surface area (Å²) in [7, 11) is 0.